The SMILES string of the molecule is C[C@H](N[C@@H](C)/C=C\C1=CC[C@H]2C[C@@H]1C2(C)C)c1ccccc1.[C-]#[O+].[C-]#[O+].[C-]#[O+].[Fe]. The Bertz CT molecular complexity index is 690. The minimum Gasteiger partial charge on any atom is 0 e. The summed E-state index contributed by atoms with van der Waals surface area (Å²) in [4.78, 5) is 0. The van der Waals surface area contributed by atoms with E-state index in [4.69, 9.17) is 14.0 Å². The first-order chi connectivity index (χ1) is 13.5. The number of benzene rings is 1. The quantitative estimate of drug-likeness (QED) is 0.387. The van der Waals surface area contributed by atoms with Gasteiger partial charge in [-0.3, -0.25) is 0 Å². The normalized spacial score (nSPS) is 22.1. The van der Waals surface area contributed by atoms with Crippen LogP contribution in [0.15, 0.2) is 54.1 Å². The number of hydrogen-bond acceptors (Lipinski definition) is 1. The fourth-order valence-electron chi connectivity index (χ4n) is 4.13. The Balaban J connectivity index is 0. The summed E-state index contributed by atoms with van der Waals surface area (Å²) < 4.78 is 22.5. The van der Waals surface area contributed by atoms with Gasteiger partial charge >= 0.3 is 33.9 Å². The Morgan fingerprint density at radius 2 is 1.59 bits per heavy atom. The average molecular weight is 435 g/mol. The van der Waals surface area contributed by atoms with Crippen molar-refractivity contribution in [3.8, 4) is 0 Å². The Kier molecular flexibility index (Phi) is 15.6. The molecule has 2 bridgehead atoms. The molecule has 1 aromatic carbocycles. The van der Waals surface area contributed by atoms with E-state index in [1.165, 1.54) is 18.4 Å². The molecule has 0 unspecified atom stereocenters. The van der Waals surface area contributed by atoms with Crippen molar-refractivity contribution in [3.63, 3.8) is 0 Å². The van der Waals surface area contributed by atoms with E-state index in [-0.39, 0.29) is 17.1 Å². The van der Waals surface area contributed by atoms with Crippen molar-refractivity contribution >= 4 is 0 Å². The fourth-order valence-corrected chi connectivity index (χ4v) is 4.13. The van der Waals surface area contributed by atoms with E-state index in [1.54, 1.807) is 5.57 Å². The molecule has 4 nitrogen and oxygen atoms in total. The number of allylic oxidation sites excluding steroid dienone is 3. The van der Waals surface area contributed by atoms with Crippen LogP contribution in [0, 0.1) is 37.2 Å². The van der Waals surface area contributed by atoms with Gasteiger partial charge in [-0.15, -0.1) is 0 Å². The first-order valence-electron chi connectivity index (χ1n) is 9.29. The third-order valence-electron chi connectivity index (χ3n) is 5.90. The van der Waals surface area contributed by atoms with Crippen molar-refractivity contribution in [2.24, 2.45) is 17.3 Å². The Morgan fingerprint density at radius 1 is 1.03 bits per heavy atom. The number of nitrogens with one attached hydrogen (secondary N) is 1. The van der Waals surface area contributed by atoms with Gasteiger partial charge in [-0.05, 0) is 55.1 Å². The standard InChI is InChI=1S/C21H29N.3CO.Fe/c1-15(22-16(2)17-8-6-5-7-9-17)10-11-18-12-13-19-14-20(18)21(19,3)4;3*1-2;/h5-12,15-16,19-20,22H,13-14H2,1-4H3;;;;/b11-10-;;;;/t15-,16-,19-,20-;;;;/m0..../s1. The molecule has 4 atom stereocenters. The molecule has 0 saturated heterocycles. The van der Waals surface area contributed by atoms with Gasteiger partial charge in [-0.25, -0.2) is 0 Å². The maximum absolute atomic E-state index is 7.50. The first-order valence-corrected chi connectivity index (χ1v) is 9.29. The van der Waals surface area contributed by atoms with Gasteiger partial charge in [0.05, 0.1) is 0 Å². The van der Waals surface area contributed by atoms with Gasteiger partial charge in [0.1, 0.15) is 0 Å². The van der Waals surface area contributed by atoms with E-state index in [2.05, 4.69) is 102 Å². The van der Waals surface area contributed by atoms with E-state index < -0.39 is 0 Å². The molecule has 0 spiro atoms. The van der Waals surface area contributed by atoms with Crippen LogP contribution in [0.1, 0.15) is 52.1 Å². The largest absolute Gasteiger partial charge is 0 e. The molecule has 0 radical (unpaired) electrons. The van der Waals surface area contributed by atoms with Crippen LogP contribution in [0.25, 0.3) is 0 Å². The summed E-state index contributed by atoms with van der Waals surface area (Å²) in [5.74, 6) is 1.70. The molecular weight excluding hydrogens is 406 g/mol. The molecule has 0 aromatic heterocycles. The third-order valence-corrected chi connectivity index (χ3v) is 5.90. The molecule has 1 fully saturated rings. The maximum Gasteiger partial charge on any atom is 0 e. The third kappa shape index (κ3) is 7.97. The molecule has 29 heavy (non-hydrogen) atoms. The Labute approximate surface area is 185 Å². The molecule has 3 aliphatic carbocycles. The Hall–Kier alpha value is -1.60. The average Bonchev–Trinajstić information content (AvgIpc) is 2.77. The fraction of sp³-hybridized carbons (Fsp3) is 0.458. The van der Waals surface area contributed by atoms with Gasteiger partial charge in [0.2, 0.25) is 0 Å². The Morgan fingerprint density at radius 3 is 2.07 bits per heavy atom. The van der Waals surface area contributed by atoms with Crippen molar-refractivity contribution in [1.29, 1.82) is 0 Å². The maximum atomic E-state index is 7.50. The van der Waals surface area contributed by atoms with Crippen LogP contribution < -0.4 is 5.32 Å². The molecular formula is C24H29FeNO3. The minimum absolute atomic E-state index is 0. The van der Waals surface area contributed by atoms with Crippen LogP contribution in [-0.4, -0.2) is 6.04 Å². The van der Waals surface area contributed by atoms with Crippen LogP contribution in [0.2, 0.25) is 0 Å². The zero-order valence-corrected chi connectivity index (χ0v) is 18.5. The van der Waals surface area contributed by atoms with Crippen molar-refractivity contribution in [2.75, 3.05) is 0 Å². The summed E-state index contributed by atoms with van der Waals surface area (Å²) in [6, 6.07) is 11.4. The second kappa shape index (κ2) is 15.3. The number of hydrogen-bond donors (Lipinski definition) is 1. The summed E-state index contributed by atoms with van der Waals surface area (Å²) in [5, 5.41) is 3.67. The molecule has 0 amide bonds. The van der Waals surface area contributed by atoms with E-state index in [9.17, 15) is 0 Å². The van der Waals surface area contributed by atoms with E-state index in [0.29, 0.717) is 17.5 Å². The summed E-state index contributed by atoms with van der Waals surface area (Å²) in [5.41, 5.74) is 3.43. The van der Waals surface area contributed by atoms with Crippen molar-refractivity contribution in [3.05, 3.63) is 79.6 Å². The van der Waals surface area contributed by atoms with Crippen LogP contribution in [-0.2, 0) is 31.0 Å². The number of fused-ring (bicyclic) bond motifs is 1. The summed E-state index contributed by atoms with van der Waals surface area (Å²) >= 11 is 0. The van der Waals surface area contributed by atoms with Crippen LogP contribution in [0.3, 0.4) is 0 Å². The van der Waals surface area contributed by atoms with Crippen LogP contribution in [0.4, 0.5) is 0 Å². The van der Waals surface area contributed by atoms with E-state index >= 15 is 0 Å². The summed E-state index contributed by atoms with van der Waals surface area (Å²) in [6.45, 7) is 22.9. The second-order valence-corrected chi connectivity index (χ2v) is 7.69. The molecule has 1 N–H and O–H groups in total. The molecule has 3 aliphatic rings. The predicted molar refractivity (Wildman–Crippen MR) is 106 cm³/mol. The van der Waals surface area contributed by atoms with Crippen LogP contribution >= 0.6 is 0 Å². The molecule has 1 saturated carbocycles. The van der Waals surface area contributed by atoms with Crippen molar-refractivity contribution in [1.82, 2.24) is 5.32 Å². The molecule has 5 heteroatoms. The molecule has 0 aliphatic heterocycles. The topological polar surface area (TPSA) is 71.7 Å². The van der Waals surface area contributed by atoms with Gasteiger partial charge in [-0.2, -0.15) is 0 Å². The molecule has 156 valence electrons. The van der Waals surface area contributed by atoms with Gasteiger partial charge in [-0.1, -0.05) is 62.4 Å². The molecule has 0 heterocycles. The van der Waals surface area contributed by atoms with Crippen molar-refractivity contribution < 1.29 is 31.0 Å². The second-order valence-electron chi connectivity index (χ2n) is 7.69. The zero-order valence-electron chi connectivity index (χ0n) is 17.4. The molecule has 4 rings (SSSR count). The predicted octanol–water partition coefficient (Wildman–Crippen LogP) is 5.16. The smallest absolute Gasteiger partial charge is 0 e. The zero-order chi connectivity index (χ0) is 21.7. The van der Waals surface area contributed by atoms with Gasteiger partial charge in [0.15, 0.2) is 0 Å². The van der Waals surface area contributed by atoms with E-state index in [1.807, 2.05) is 0 Å². The van der Waals surface area contributed by atoms with Gasteiger partial charge in [0, 0.05) is 29.2 Å². The molecule has 1 aromatic rings. The van der Waals surface area contributed by atoms with Crippen LogP contribution in [0.5, 0.6) is 0 Å². The van der Waals surface area contributed by atoms with Crippen molar-refractivity contribution in [2.45, 2.75) is 52.6 Å². The van der Waals surface area contributed by atoms with Gasteiger partial charge in [0.25, 0.3) is 0 Å². The number of rotatable bonds is 5. The summed E-state index contributed by atoms with van der Waals surface area (Å²) in [7, 11) is 0. The summed E-state index contributed by atoms with van der Waals surface area (Å²) in [6.07, 6.45) is 9.84. The first kappa shape index (κ1) is 29.6. The monoisotopic (exact) mass is 435 g/mol. The van der Waals surface area contributed by atoms with Gasteiger partial charge < -0.3 is 5.32 Å². The minimum atomic E-state index is 0. The van der Waals surface area contributed by atoms with E-state index in [0.717, 1.165) is 11.8 Å².